The Labute approximate surface area is 118 Å². The average molecular weight is 327 g/mol. The van der Waals surface area contributed by atoms with E-state index in [2.05, 4.69) is 25.4 Å². The Morgan fingerprint density at radius 2 is 1.63 bits per heavy atom. The summed E-state index contributed by atoms with van der Waals surface area (Å²) in [6.45, 7) is 0. The highest BCUT2D eigenvalue weighted by molar-refractivity contribution is 9.10. The van der Waals surface area contributed by atoms with Crippen LogP contribution < -0.4 is 0 Å². The molecule has 1 aromatic carbocycles. The minimum atomic E-state index is -0.890. The third-order valence-electron chi connectivity index (χ3n) is 2.22. The fourth-order valence-electron chi connectivity index (χ4n) is 1.26. The fraction of sp³-hybridized carbons (Fsp3) is 0.154. The lowest BCUT2D eigenvalue weighted by molar-refractivity contribution is -0.138. The van der Waals surface area contributed by atoms with Gasteiger partial charge in [-0.2, -0.15) is 0 Å². The van der Waals surface area contributed by atoms with E-state index in [4.69, 9.17) is 0 Å². The van der Waals surface area contributed by atoms with Crippen LogP contribution in [0.1, 0.15) is 10.4 Å². The number of carbonyl (C=O) groups is 3. The molecule has 0 spiro atoms. The monoisotopic (exact) mass is 326 g/mol. The molecule has 1 rings (SSSR count). The second kappa shape index (κ2) is 6.84. The second-order valence-electron chi connectivity index (χ2n) is 3.41. The summed E-state index contributed by atoms with van der Waals surface area (Å²) in [5.41, 5.74) is -0.111. The summed E-state index contributed by atoms with van der Waals surface area (Å²) in [5.74, 6) is -2.30. The number of benzene rings is 1. The number of esters is 2. The third-order valence-corrected chi connectivity index (χ3v) is 2.75. The summed E-state index contributed by atoms with van der Waals surface area (Å²) in [6, 6.07) is 6.36. The first-order chi connectivity index (χ1) is 8.99. The highest BCUT2D eigenvalue weighted by atomic mass is 79.9. The largest absolute Gasteiger partial charge is 0.466 e. The van der Waals surface area contributed by atoms with Gasteiger partial charge in [0, 0.05) is 16.1 Å². The average Bonchev–Trinajstić information content (AvgIpc) is 2.43. The number of ether oxygens (including phenoxy) is 2. The van der Waals surface area contributed by atoms with Crippen molar-refractivity contribution >= 4 is 33.7 Å². The highest BCUT2D eigenvalue weighted by Crippen LogP contribution is 2.14. The number of methoxy groups -OCH3 is 2. The third kappa shape index (κ3) is 4.03. The number of hydrogen-bond acceptors (Lipinski definition) is 5. The van der Waals surface area contributed by atoms with E-state index in [9.17, 15) is 14.4 Å². The molecule has 0 N–H and O–H groups in total. The van der Waals surface area contributed by atoms with Gasteiger partial charge in [0.15, 0.2) is 0 Å². The van der Waals surface area contributed by atoms with Crippen molar-refractivity contribution < 1.29 is 23.9 Å². The molecule has 0 aliphatic heterocycles. The smallest absolute Gasteiger partial charge is 0.342 e. The van der Waals surface area contributed by atoms with Gasteiger partial charge in [-0.15, -0.1) is 0 Å². The van der Waals surface area contributed by atoms with Gasteiger partial charge in [0.2, 0.25) is 5.78 Å². The van der Waals surface area contributed by atoms with E-state index in [1.54, 1.807) is 12.1 Å². The first-order valence-corrected chi connectivity index (χ1v) is 5.97. The Hall–Kier alpha value is -1.95. The molecule has 0 amide bonds. The van der Waals surface area contributed by atoms with Crippen LogP contribution in [0.3, 0.4) is 0 Å². The van der Waals surface area contributed by atoms with Crippen molar-refractivity contribution in [3.8, 4) is 0 Å². The van der Waals surface area contributed by atoms with Crippen molar-refractivity contribution in [3.63, 3.8) is 0 Å². The Kier molecular flexibility index (Phi) is 5.44. The summed E-state index contributed by atoms with van der Waals surface area (Å²) in [4.78, 5) is 34.8. The molecule has 0 aliphatic rings. The van der Waals surface area contributed by atoms with E-state index >= 15 is 0 Å². The van der Waals surface area contributed by atoms with Crippen LogP contribution in [0.4, 0.5) is 0 Å². The number of Topliss-reactive ketones (excluding diaryl/α,β-unsaturated/α-hetero) is 1. The van der Waals surface area contributed by atoms with Crippen LogP contribution in [-0.4, -0.2) is 31.9 Å². The lowest BCUT2D eigenvalue weighted by Crippen LogP contribution is -2.16. The first-order valence-electron chi connectivity index (χ1n) is 5.17. The van der Waals surface area contributed by atoms with Gasteiger partial charge in [0.05, 0.1) is 14.2 Å². The van der Waals surface area contributed by atoms with Crippen LogP contribution in [-0.2, 0) is 19.1 Å². The Morgan fingerprint density at radius 1 is 1.05 bits per heavy atom. The van der Waals surface area contributed by atoms with E-state index in [0.717, 1.165) is 24.8 Å². The van der Waals surface area contributed by atoms with Crippen molar-refractivity contribution in [1.82, 2.24) is 0 Å². The van der Waals surface area contributed by atoms with Gasteiger partial charge in [0.25, 0.3) is 0 Å². The molecule has 0 heterocycles. The van der Waals surface area contributed by atoms with Gasteiger partial charge in [-0.3, -0.25) is 4.79 Å². The SMILES string of the molecule is COC(=O)/C=C(/C(=O)OC)C(=O)c1ccc(Br)cc1. The zero-order valence-electron chi connectivity index (χ0n) is 10.3. The minimum absolute atomic E-state index is 0.267. The molecule has 0 aliphatic carbocycles. The minimum Gasteiger partial charge on any atom is -0.466 e. The molecular weight excluding hydrogens is 316 g/mol. The predicted octanol–water partition coefficient (Wildman–Crippen LogP) is 1.90. The van der Waals surface area contributed by atoms with Crippen LogP contribution >= 0.6 is 15.9 Å². The van der Waals surface area contributed by atoms with Gasteiger partial charge in [-0.25, -0.2) is 9.59 Å². The van der Waals surface area contributed by atoms with Crippen LogP contribution in [0.15, 0.2) is 40.4 Å². The summed E-state index contributed by atoms with van der Waals surface area (Å²) in [6.07, 6.45) is 0.816. The maximum atomic E-state index is 12.1. The van der Waals surface area contributed by atoms with Crippen LogP contribution in [0.25, 0.3) is 0 Å². The molecule has 0 atom stereocenters. The zero-order chi connectivity index (χ0) is 14.4. The van der Waals surface area contributed by atoms with E-state index in [1.807, 2.05) is 0 Å². The van der Waals surface area contributed by atoms with Crippen molar-refractivity contribution in [3.05, 3.63) is 46.0 Å². The number of carbonyl (C=O) groups excluding carboxylic acids is 3. The number of ketones is 1. The van der Waals surface area contributed by atoms with Gasteiger partial charge < -0.3 is 9.47 Å². The van der Waals surface area contributed by atoms with E-state index in [-0.39, 0.29) is 11.1 Å². The normalized spacial score (nSPS) is 10.8. The zero-order valence-corrected chi connectivity index (χ0v) is 11.9. The van der Waals surface area contributed by atoms with Crippen LogP contribution in [0, 0.1) is 0 Å². The van der Waals surface area contributed by atoms with Gasteiger partial charge in [-0.05, 0) is 24.3 Å². The quantitative estimate of drug-likeness (QED) is 0.278. The van der Waals surface area contributed by atoms with Gasteiger partial charge >= 0.3 is 11.9 Å². The maximum Gasteiger partial charge on any atom is 0.342 e. The van der Waals surface area contributed by atoms with E-state index < -0.39 is 17.7 Å². The topological polar surface area (TPSA) is 69.7 Å². The lowest BCUT2D eigenvalue weighted by atomic mass is 10.0. The molecule has 6 heteroatoms. The molecule has 0 bridgehead atoms. The number of rotatable bonds is 4. The molecule has 19 heavy (non-hydrogen) atoms. The molecule has 100 valence electrons. The fourth-order valence-corrected chi connectivity index (χ4v) is 1.53. The standard InChI is InChI=1S/C13H11BrO5/c1-18-11(15)7-10(13(17)19-2)12(16)8-3-5-9(14)6-4-8/h3-7H,1-2H3/b10-7+. The van der Waals surface area contributed by atoms with Crippen LogP contribution in [0.5, 0.6) is 0 Å². The molecule has 1 aromatic rings. The molecule has 0 radical (unpaired) electrons. The van der Waals surface area contributed by atoms with Gasteiger partial charge in [0.1, 0.15) is 5.57 Å². The summed E-state index contributed by atoms with van der Waals surface area (Å²) < 4.78 is 9.67. The summed E-state index contributed by atoms with van der Waals surface area (Å²) >= 11 is 3.23. The molecule has 0 unspecified atom stereocenters. The first kappa shape index (κ1) is 15.1. The van der Waals surface area contributed by atoms with Crippen molar-refractivity contribution in [2.75, 3.05) is 14.2 Å². The molecule has 0 saturated carbocycles. The number of hydrogen-bond donors (Lipinski definition) is 0. The Balaban J connectivity index is 3.15. The Bertz CT molecular complexity index is 530. The molecule has 0 aromatic heterocycles. The second-order valence-corrected chi connectivity index (χ2v) is 4.32. The Morgan fingerprint density at radius 3 is 2.11 bits per heavy atom. The molecule has 0 fully saturated rings. The maximum absolute atomic E-state index is 12.1. The van der Waals surface area contributed by atoms with E-state index in [0.29, 0.717) is 0 Å². The van der Waals surface area contributed by atoms with Crippen molar-refractivity contribution in [2.24, 2.45) is 0 Å². The molecule has 0 saturated heterocycles. The van der Waals surface area contributed by atoms with Crippen molar-refractivity contribution in [1.29, 1.82) is 0 Å². The lowest BCUT2D eigenvalue weighted by Gasteiger charge is -2.04. The number of halogens is 1. The van der Waals surface area contributed by atoms with Crippen LogP contribution in [0.2, 0.25) is 0 Å². The summed E-state index contributed by atoms with van der Waals surface area (Å²) in [5, 5.41) is 0. The molecular formula is C13H11BrO5. The summed E-state index contributed by atoms with van der Waals surface area (Å²) in [7, 11) is 2.28. The highest BCUT2D eigenvalue weighted by Gasteiger charge is 2.22. The molecule has 5 nitrogen and oxygen atoms in total. The predicted molar refractivity (Wildman–Crippen MR) is 70.6 cm³/mol. The van der Waals surface area contributed by atoms with Gasteiger partial charge in [-0.1, -0.05) is 15.9 Å². The van der Waals surface area contributed by atoms with E-state index in [1.165, 1.54) is 12.1 Å². The van der Waals surface area contributed by atoms with Crippen molar-refractivity contribution in [2.45, 2.75) is 0 Å².